The highest BCUT2D eigenvalue weighted by Gasteiger charge is 2.17. The second-order valence-corrected chi connectivity index (χ2v) is 4.47. The highest BCUT2D eigenvalue weighted by atomic mass is 16.5. The lowest BCUT2D eigenvalue weighted by Gasteiger charge is -2.03. The Labute approximate surface area is 127 Å². The monoisotopic (exact) mass is 309 g/mol. The van der Waals surface area contributed by atoms with Gasteiger partial charge in [-0.15, -0.1) is 0 Å². The highest BCUT2D eigenvalue weighted by Crippen LogP contribution is 2.17. The van der Waals surface area contributed by atoms with Gasteiger partial charge in [-0.2, -0.15) is 0 Å². The standard InChI is InChI=1S/C15H19NO6/c1-3-11(17)13-12(18)9-10(22-14(13)19)7-5-4-6-8-16-15(20)21-2/h6,8-9,18H,3-5,7H2,1-2H3,(H,16,20)/b8-6+. The van der Waals surface area contributed by atoms with E-state index in [4.69, 9.17) is 4.42 Å². The Morgan fingerprint density at radius 3 is 2.77 bits per heavy atom. The smallest absolute Gasteiger partial charge is 0.410 e. The van der Waals surface area contributed by atoms with Gasteiger partial charge < -0.3 is 14.3 Å². The fraction of sp³-hybridized carbons (Fsp3) is 0.400. The van der Waals surface area contributed by atoms with Crippen molar-refractivity contribution in [3.8, 4) is 5.75 Å². The molecular weight excluding hydrogens is 290 g/mol. The molecule has 0 aliphatic carbocycles. The summed E-state index contributed by atoms with van der Waals surface area (Å²) in [6, 6.07) is 1.29. The van der Waals surface area contributed by atoms with Gasteiger partial charge in [-0.05, 0) is 12.8 Å². The van der Waals surface area contributed by atoms with Crippen molar-refractivity contribution in [1.82, 2.24) is 5.32 Å². The maximum Gasteiger partial charge on any atom is 0.410 e. The number of allylic oxidation sites excluding steroid dienone is 1. The van der Waals surface area contributed by atoms with Gasteiger partial charge in [0.1, 0.15) is 17.1 Å². The zero-order chi connectivity index (χ0) is 16.5. The third-order valence-corrected chi connectivity index (χ3v) is 2.88. The van der Waals surface area contributed by atoms with Crippen molar-refractivity contribution in [2.24, 2.45) is 0 Å². The minimum Gasteiger partial charge on any atom is -0.507 e. The Morgan fingerprint density at radius 1 is 1.45 bits per heavy atom. The van der Waals surface area contributed by atoms with Crippen LogP contribution in [0.15, 0.2) is 27.6 Å². The first-order chi connectivity index (χ1) is 10.5. The largest absolute Gasteiger partial charge is 0.507 e. The first-order valence-electron chi connectivity index (χ1n) is 6.88. The lowest BCUT2D eigenvalue weighted by atomic mass is 10.1. The number of alkyl carbamates (subject to hydrolysis) is 1. The number of methoxy groups -OCH3 is 1. The van der Waals surface area contributed by atoms with Gasteiger partial charge in [0.05, 0.1) is 7.11 Å². The molecule has 1 rings (SSSR count). The van der Waals surface area contributed by atoms with Gasteiger partial charge in [0.25, 0.3) is 0 Å². The summed E-state index contributed by atoms with van der Waals surface area (Å²) in [5.74, 6) is -0.486. The van der Waals surface area contributed by atoms with Crippen LogP contribution >= 0.6 is 0 Å². The van der Waals surface area contributed by atoms with Gasteiger partial charge in [-0.25, -0.2) is 9.59 Å². The number of ketones is 1. The molecule has 0 spiro atoms. The molecule has 7 nitrogen and oxygen atoms in total. The molecule has 0 aromatic carbocycles. The van der Waals surface area contributed by atoms with Gasteiger partial charge >= 0.3 is 11.7 Å². The number of aryl methyl sites for hydroxylation is 1. The van der Waals surface area contributed by atoms with Crippen LogP contribution < -0.4 is 10.9 Å². The molecular formula is C15H19NO6. The molecule has 0 saturated heterocycles. The predicted molar refractivity (Wildman–Crippen MR) is 78.9 cm³/mol. The van der Waals surface area contributed by atoms with Gasteiger partial charge in [0.15, 0.2) is 5.78 Å². The van der Waals surface area contributed by atoms with E-state index in [9.17, 15) is 19.5 Å². The van der Waals surface area contributed by atoms with Crippen LogP contribution in [0.3, 0.4) is 0 Å². The van der Waals surface area contributed by atoms with Crippen molar-refractivity contribution in [2.75, 3.05) is 7.11 Å². The molecule has 0 unspecified atom stereocenters. The van der Waals surface area contributed by atoms with Crippen molar-refractivity contribution in [1.29, 1.82) is 0 Å². The van der Waals surface area contributed by atoms with E-state index in [1.54, 1.807) is 13.0 Å². The zero-order valence-electron chi connectivity index (χ0n) is 12.5. The lowest BCUT2D eigenvalue weighted by molar-refractivity contribution is 0.0981. The summed E-state index contributed by atoms with van der Waals surface area (Å²) in [4.78, 5) is 33.9. The van der Waals surface area contributed by atoms with Crippen LogP contribution in [0.25, 0.3) is 0 Å². The molecule has 1 aromatic rings. The van der Waals surface area contributed by atoms with Crippen LogP contribution in [0.2, 0.25) is 0 Å². The summed E-state index contributed by atoms with van der Waals surface area (Å²) in [5.41, 5.74) is -1.11. The second kappa shape index (κ2) is 8.66. The summed E-state index contributed by atoms with van der Waals surface area (Å²) in [6.07, 6.45) is 4.45. The number of ether oxygens (including phenoxy) is 1. The number of nitrogens with one attached hydrogen (secondary N) is 1. The first-order valence-corrected chi connectivity index (χ1v) is 6.88. The molecule has 7 heteroatoms. The van der Waals surface area contributed by atoms with Crippen LogP contribution in [0, 0.1) is 0 Å². The maximum absolute atomic E-state index is 11.7. The molecule has 0 saturated carbocycles. The second-order valence-electron chi connectivity index (χ2n) is 4.47. The van der Waals surface area contributed by atoms with Crippen LogP contribution in [0.4, 0.5) is 4.79 Å². The zero-order valence-corrected chi connectivity index (χ0v) is 12.5. The topological polar surface area (TPSA) is 106 Å². The van der Waals surface area contributed by atoms with Crippen molar-refractivity contribution >= 4 is 11.9 Å². The number of aromatic hydroxyl groups is 1. The molecule has 120 valence electrons. The van der Waals surface area contributed by atoms with E-state index in [2.05, 4.69) is 10.1 Å². The summed E-state index contributed by atoms with van der Waals surface area (Å²) >= 11 is 0. The molecule has 1 heterocycles. The average Bonchev–Trinajstić information content (AvgIpc) is 2.49. The first kappa shape index (κ1) is 17.5. The minimum atomic E-state index is -0.815. The van der Waals surface area contributed by atoms with Crippen LogP contribution in [0.5, 0.6) is 5.75 Å². The molecule has 1 aromatic heterocycles. The molecule has 2 N–H and O–H groups in total. The van der Waals surface area contributed by atoms with E-state index < -0.39 is 17.5 Å². The third kappa shape index (κ3) is 5.08. The Morgan fingerprint density at radius 2 is 2.18 bits per heavy atom. The van der Waals surface area contributed by atoms with Gasteiger partial charge in [-0.1, -0.05) is 13.0 Å². The van der Waals surface area contributed by atoms with Crippen LogP contribution in [-0.2, 0) is 11.2 Å². The fourth-order valence-corrected chi connectivity index (χ4v) is 1.75. The summed E-state index contributed by atoms with van der Waals surface area (Å²) in [5, 5.41) is 12.1. The quantitative estimate of drug-likeness (QED) is 0.590. The summed E-state index contributed by atoms with van der Waals surface area (Å²) in [7, 11) is 1.27. The molecule has 0 radical (unpaired) electrons. The minimum absolute atomic E-state index is 0.121. The van der Waals surface area contributed by atoms with E-state index in [0.717, 1.165) is 0 Å². The molecule has 1 amide bonds. The number of unbranched alkanes of at least 4 members (excludes halogenated alkanes) is 1. The lowest BCUT2D eigenvalue weighted by Crippen LogP contribution is -2.16. The number of Topliss-reactive ketones (excluding diaryl/α,β-unsaturated/α-hetero) is 1. The van der Waals surface area contributed by atoms with E-state index in [1.165, 1.54) is 19.4 Å². The fourth-order valence-electron chi connectivity index (χ4n) is 1.75. The maximum atomic E-state index is 11.7. The van der Waals surface area contributed by atoms with E-state index in [1.807, 2.05) is 0 Å². The third-order valence-electron chi connectivity index (χ3n) is 2.88. The van der Waals surface area contributed by atoms with Crippen LogP contribution in [-0.4, -0.2) is 24.1 Å². The van der Waals surface area contributed by atoms with Gasteiger partial charge in [-0.3, -0.25) is 10.1 Å². The van der Waals surface area contributed by atoms with Gasteiger partial charge in [0, 0.05) is 25.1 Å². The number of carbonyl (C=O) groups excluding carboxylic acids is 2. The summed E-state index contributed by atoms with van der Waals surface area (Å²) < 4.78 is 9.41. The Hall–Kier alpha value is -2.57. The number of hydrogen-bond donors (Lipinski definition) is 2. The predicted octanol–water partition coefficient (Wildman–Crippen LogP) is 2.13. The average molecular weight is 309 g/mol. The SMILES string of the molecule is CCC(=O)c1c(O)cc(CCC/C=C/NC(=O)OC)oc1=O. The normalized spacial score (nSPS) is 10.6. The van der Waals surface area contributed by atoms with Crippen molar-refractivity contribution < 1.29 is 23.8 Å². The molecule has 0 aliphatic rings. The Kier molecular flexibility index (Phi) is 6.88. The van der Waals surface area contributed by atoms with Crippen LogP contribution in [0.1, 0.15) is 42.3 Å². The number of carbonyl (C=O) groups is 2. The van der Waals surface area contributed by atoms with E-state index in [-0.39, 0.29) is 17.7 Å². The summed E-state index contributed by atoms with van der Waals surface area (Å²) in [6.45, 7) is 1.60. The number of amides is 1. The molecule has 0 atom stereocenters. The molecule has 0 bridgehead atoms. The highest BCUT2D eigenvalue weighted by molar-refractivity contribution is 5.97. The Balaban J connectivity index is 2.56. The molecule has 0 fully saturated rings. The number of hydrogen-bond acceptors (Lipinski definition) is 6. The van der Waals surface area contributed by atoms with E-state index in [0.29, 0.717) is 25.0 Å². The Bertz CT molecular complexity index is 617. The molecule has 0 aliphatic heterocycles. The van der Waals surface area contributed by atoms with Gasteiger partial charge in [0.2, 0.25) is 0 Å². The van der Waals surface area contributed by atoms with Crippen molar-refractivity contribution in [2.45, 2.75) is 32.6 Å². The van der Waals surface area contributed by atoms with Crippen molar-refractivity contribution in [3.63, 3.8) is 0 Å². The van der Waals surface area contributed by atoms with E-state index >= 15 is 0 Å². The number of rotatable bonds is 7. The molecule has 22 heavy (non-hydrogen) atoms. The van der Waals surface area contributed by atoms with Crippen molar-refractivity contribution in [3.05, 3.63) is 40.1 Å².